The molecule has 2 nitrogen and oxygen atoms in total. The van der Waals surface area contributed by atoms with Gasteiger partial charge in [-0.25, -0.2) is 0 Å². The lowest BCUT2D eigenvalue weighted by Crippen LogP contribution is -2.24. The molecule has 0 aliphatic carbocycles. The minimum absolute atomic E-state index is 0.0392. The van der Waals surface area contributed by atoms with Crippen LogP contribution in [0, 0.1) is 0 Å². The number of benzene rings is 1. The second kappa shape index (κ2) is 6.89. The van der Waals surface area contributed by atoms with E-state index >= 15 is 0 Å². The van der Waals surface area contributed by atoms with Crippen LogP contribution in [0.1, 0.15) is 37.8 Å². The molecular formula is C16H19F3N2. The number of alkyl halides is 3. The van der Waals surface area contributed by atoms with E-state index in [-0.39, 0.29) is 12.5 Å². The highest BCUT2D eigenvalue weighted by atomic mass is 19.4. The molecule has 0 fully saturated rings. The maximum absolute atomic E-state index is 12.5. The van der Waals surface area contributed by atoms with E-state index in [0.717, 1.165) is 22.9 Å². The number of halogens is 3. The van der Waals surface area contributed by atoms with E-state index in [9.17, 15) is 13.2 Å². The van der Waals surface area contributed by atoms with Gasteiger partial charge in [0, 0.05) is 24.0 Å². The highest BCUT2D eigenvalue weighted by Crippen LogP contribution is 2.30. The summed E-state index contributed by atoms with van der Waals surface area (Å²) in [6.45, 7) is 2.69. The van der Waals surface area contributed by atoms with Gasteiger partial charge in [0.1, 0.15) is 0 Å². The Kier molecular flexibility index (Phi) is 5.17. The number of hydrogen-bond acceptors (Lipinski definition) is 2. The molecule has 0 aliphatic heterocycles. The smallest absolute Gasteiger partial charge is 0.310 e. The van der Waals surface area contributed by atoms with Crippen molar-refractivity contribution in [1.29, 1.82) is 0 Å². The summed E-state index contributed by atoms with van der Waals surface area (Å²) in [5, 5.41) is 4.14. The maximum Gasteiger partial charge on any atom is 0.389 e. The van der Waals surface area contributed by atoms with Gasteiger partial charge >= 0.3 is 6.18 Å². The minimum atomic E-state index is -4.13. The molecule has 1 N–H and O–H groups in total. The standard InChI is InChI=1S/C16H19F3N2/c1-2-10-20-15(8-9-16(17,18)19)12-5-3-7-14-13(12)6-4-11-21-14/h3-7,11,15,20H,2,8-10H2,1H3. The molecule has 5 heteroatoms. The third kappa shape index (κ3) is 4.43. The fourth-order valence-electron chi connectivity index (χ4n) is 2.43. The normalized spacial score (nSPS) is 13.5. The molecule has 1 unspecified atom stereocenters. The Morgan fingerprint density at radius 1 is 1.19 bits per heavy atom. The Hall–Kier alpha value is -1.62. The molecule has 0 saturated heterocycles. The Morgan fingerprint density at radius 2 is 2.00 bits per heavy atom. The zero-order valence-corrected chi connectivity index (χ0v) is 12.0. The van der Waals surface area contributed by atoms with E-state index in [1.54, 1.807) is 6.20 Å². The second-order valence-electron chi connectivity index (χ2n) is 5.08. The molecule has 0 saturated carbocycles. The minimum Gasteiger partial charge on any atom is -0.310 e. The molecule has 1 atom stereocenters. The first-order valence-electron chi connectivity index (χ1n) is 7.15. The van der Waals surface area contributed by atoms with Crippen LogP contribution < -0.4 is 5.32 Å². The number of aromatic nitrogens is 1. The molecule has 1 heterocycles. The lowest BCUT2D eigenvalue weighted by atomic mass is 9.97. The lowest BCUT2D eigenvalue weighted by Gasteiger charge is -2.21. The highest BCUT2D eigenvalue weighted by Gasteiger charge is 2.29. The number of hydrogen-bond donors (Lipinski definition) is 1. The van der Waals surface area contributed by atoms with Crippen LogP contribution in [0.5, 0.6) is 0 Å². The van der Waals surface area contributed by atoms with Crippen molar-refractivity contribution in [2.45, 2.75) is 38.4 Å². The third-order valence-corrected chi connectivity index (χ3v) is 3.41. The van der Waals surface area contributed by atoms with E-state index in [0.29, 0.717) is 6.54 Å². The predicted molar refractivity (Wildman–Crippen MR) is 78.1 cm³/mol. The van der Waals surface area contributed by atoms with Gasteiger partial charge in [0.25, 0.3) is 0 Å². The van der Waals surface area contributed by atoms with Crippen LogP contribution in [0.3, 0.4) is 0 Å². The summed E-state index contributed by atoms with van der Waals surface area (Å²) in [5.74, 6) is 0. The van der Waals surface area contributed by atoms with Gasteiger partial charge in [0.15, 0.2) is 0 Å². The maximum atomic E-state index is 12.5. The van der Waals surface area contributed by atoms with Gasteiger partial charge in [0.05, 0.1) is 5.52 Å². The average Bonchev–Trinajstić information content (AvgIpc) is 2.46. The first-order valence-corrected chi connectivity index (χ1v) is 7.15. The van der Waals surface area contributed by atoms with Crippen molar-refractivity contribution >= 4 is 10.9 Å². The average molecular weight is 296 g/mol. The van der Waals surface area contributed by atoms with Gasteiger partial charge < -0.3 is 5.32 Å². The molecule has 0 aliphatic rings. The van der Waals surface area contributed by atoms with E-state index in [1.807, 2.05) is 37.3 Å². The third-order valence-electron chi connectivity index (χ3n) is 3.41. The van der Waals surface area contributed by atoms with Gasteiger partial charge in [-0.15, -0.1) is 0 Å². The van der Waals surface area contributed by atoms with Crippen molar-refractivity contribution in [1.82, 2.24) is 10.3 Å². The van der Waals surface area contributed by atoms with Gasteiger partial charge in [0.2, 0.25) is 0 Å². The fourth-order valence-corrected chi connectivity index (χ4v) is 2.43. The van der Waals surface area contributed by atoms with Crippen molar-refractivity contribution in [2.24, 2.45) is 0 Å². The van der Waals surface area contributed by atoms with E-state index in [1.165, 1.54) is 0 Å². The van der Waals surface area contributed by atoms with Gasteiger partial charge in [-0.05, 0) is 37.1 Å². The molecule has 2 aromatic rings. The van der Waals surface area contributed by atoms with Crippen LogP contribution in [0.2, 0.25) is 0 Å². The summed E-state index contributed by atoms with van der Waals surface area (Å²) < 4.78 is 37.6. The molecule has 1 aromatic heterocycles. The molecule has 0 amide bonds. The van der Waals surface area contributed by atoms with Crippen molar-refractivity contribution in [3.63, 3.8) is 0 Å². The van der Waals surface area contributed by atoms with Gasteiger partial charge in [-0.3, -0.25) is 4.98 Å². The Bertz CT molecular complexity index is 576. The van der Waals surface area contributed by atoms with Crippen LogP contribution >= 0.6 is 0 Å². The lowest BCUT2D eigenvalue weighted by molar-refractivity contribution is -0.136. The number of rotatable bonds is 6. The van der Waals surface area contributed by atoms with Crippen LogP contribution in [0.15, 0.2) is 36.5 Å². The Balaban J connectivity index is 2.29. The number of nitrogens with one attached hydrogen (secondary N) is 1. The predicted octanol–water partition coefficient (Wildman–Crippen LogP) is 4.62. The first kappa shape index (κ1) is 15.8. The molecule has 0 radical (unpaired) electrons. The van der Waals surface area contributed by atoms with Crippen molar-refractivity contribution in [3.8, 4) is 0 Å². The molecule has 114 valence electrons. The quantitative estimate of drug-likeness (QED) is 0.841. The molecular weight excluding hydrogens is 277 g/mol. The molecule has 0 spiro atoms. The largest absolute Gasteiger partial charge is 0.389 e. The molecule has 0 bridgehead atoms. The van der Waals surface area contributed by atoms with Crippen LogP contribution in [0.25, 0.3) is 10.9 Å². The monoisotopic (exact) mass is 296 g/mol. The van der Waals surface area contributed by atoms with Crippen molar-refractivity contribution in [3.05, 3.63) is 42.1 Å². The van der Waals surface area contributed by atoms with Crippen LogP contribution in [-0.2, 0) is 0 Å². The summed E-state index contributed by atoms with van der Waals surface area (Å²) in [6.07, 6.45) is -2.31. The fraction of sp³-hybridized carbons (Fsp3) is 0.438. The van der Waals surface area contributed by atoms with E-state index in [2.05, 4.69) is 10.3 Å². The van der Waals surface area contributed by atoms with E-state index < -0.39 is 12.6 Å². The van der Waals surface area contributed by atoms with Crippen molar-refractivity contribution in [2.75, 3.05) is 6.54 Å². The van der Waals surface area contributed by atoms with Crippen molar-refractivity contribution < 1.29 is 13.2 Å². The summed E-state index contributed by atoms with van der Waals surface area (Å²) >= 11 is 0. The zero-order chi connectivity index (χ0) is 15.3. The van der Waals surface area contributed by atoms with Crippen LogP contribution in [0.4, 0.5) is 13.2 Å². The van der Waals surface area contributed by atoms with Crippen LogP contribution in [-0.4, -0.2) is 17.7 Å². The molecule has 2 rings (SSSR count). The SMILES string of the molecule is CCCNC(CCC(F)(F)F)c1cccc2ncccc12. The summed E-state index contributed by atoms with van der Waals surface area (Å²) in [6, 6.07) is 9.02. The first-order chi connectivity index (χ1) is 10.0. The Labute approximate surface area is 122 Å². The zero-order valence-electron chi connectivity index (χ0n) is 12.0. The Morgan fingerprint density at radius 3 is 2.71 bits per heavy atom. The molecule has 1 aromatic carbocycles. The number of nitrogens with zero attached hydrogens (tertiary/aromatic N) is 1. The topological polar surface area (TPSA) is 24.9 Å². The summed E-state index contributed by atoms with van der Waals surface area (Å²) in [5.41, 5.74) is 1.70. The number of fused-ring (bicyclic) bond motifs is 1. The summed E-state index contributed by atoms with van der Waals surface area (Å²) in [4.78, 5) is 4.26. The summed E-state index contributed by atoms with van der Waals surface area (Å²) in [7, 11) is 0. The molecule has 21 heavy (non-hydrogen) atoms. The number of pyridine rings is 1. The highest BCUT2D eigenvalue weighted by molar-refractivity contribution is 5.82. The van der Waals surface area contributed by atoms with E-state index in [4.69, 9.17) is 0 Å². The van der Waals surface area contributed by atoms with Gasteiger partial charge in [-0.1, -0.05) is 25.1 Å². The van der Waals surface area contributed by atoms with Gasteiger partial charge in [-0.2, -0.15) is 13.2 Å². The second-order valence-corrected chi connectivity index (χ2v) is 5.08.